The van der Waals surface area contributed by atoms with Gasteiger partial charge in [-0.15, -0.1) is 0 Å². The molecule has 0 saturated heterocycles. The zero-order valence-corrected chi connectivity index (χ0v) is 55.7. The van der Waals surface area contributed by atoms with Gasteiger partial charge in [-0.3, -0.25) is 0 Å². The predicted octanol–water partition coefficient (Wildman–Crippen LogP) is 1.22. The molecule has 1 atom stereocenters. The number of hydrogen-bond acceptors (Lipinski definition) is 0. The summed E-state index contributed by atoms with van der Waals surface area (Å²) in [7, 11) is -14.7. The first-order chi connectivity index (χ1) is 26.1. The van der Waals surface area contributed by atoms with Gasteiger partial charge in [-0.05, 0) is 0 Å². The second-order valence-electron chi connectivity index (χ2n) is 25.5. The Bertz CT molecular complexity index is 2060. The summed E-state index contributed by atoms with van der Waals surface area (Å²) in [6.45, 7) is 73.7. The van der Waals surface area contributed by atoms with Crippen LogP contribution in [0.4, 0.5) is 0 Å². The van der Waals surface area contributed by atoms with Crippen LogP contribution in [-0.4, -0.2) is 56.5 Å². The topological polar surface area (TPSA) is 0 Å². The molecule has 0 aromatic heterocycles. The molecule has 0 aliphatic heterocycles. The Morgan fingerprint density at radius 1 is 0.355 bits per heavy atom. The third-order valence-electron chi connectivity index (χ3n) is 14.6. The second-order valence-corrected chi connectivity index (χ2v) is 60.4. The van der Waals surface area contributed by atoms with Crippen LogP contribution in [0, 0.1) is 41.5 Å². The fraction of sp³-hybridized carbons (Fsp3) is 0.569. The SMILES string of the molecule is CC1=C(C)C(C)([Si](c2c([Si](C)(C)C)cc(C)c([Si](C)(C)C)c2C)(c2c([Si](C)(C)C)cc(C)c([Si](C)(C)C)c2C)c2c([Si](C)(C)C)cc(C)c([Si](C)(C)C)c2C)[C]([Ti+3])=C1C.[Cl-].[Cl-].[Cl-]. The van der Waals surface area contributed by atoms with Crippen LogP contribution in [0.25, 0.3) is 0 Å². The largest absolute Gasteiger partial charge is 1.00 e. The Morgan fingerprint density at radius 2 is 0.581 bits per heavy atom. The van der Waals surface area contributed by atoms with E-state index < -0.39 is 56.5 Å². The molecule has 0 nitrogen and oxygen atoms in total. The van der Waals surface area contributed by atoms with Gasteiger partial charge in [0, 0.05) is 0 Å². The molecular formula is C51H87Cl3Si7Ti. The molecule has 0 N–H and O–H groups in total. The van der Waals surface area contributed by atoms with Crippen molar-refractivity contribution in [3.8, 4) is 0 Å². The van der Waals surface area contributed by atoms with Crippen LogP contribution in [0.5, 0.6) is 0 Å². The molecule has 344 valence electrons. The molecule has 62 heavy (non-hydrogen) atoms. The Kier molecular flexibility index (Phi) is 18.4. The van der Waals surface area contributed by atoms with Gasteiger partial charge in [0.15, 0.2) is 0 Å². The Balaban J connectivity index is 0.00000641. The predicted molar refractivity (Wildman–Crippen MR) is 290 cm³/mol. The van der Waals surface area contributed by atoms with Crippen molar-refractivity contribution >= 4 is 103 Å². The summed E-state index contributed by atoms with van der Waals surface area (Å²) in [6, 6.07) is 8.44. The van der Waals surface area contributed by atoms with Crippen LogP contribution in [0.3, 0.4) is 0 Å². The number of hydrogen-bond donors (Lipinski definition) is 0. The van der Waals surface area contributed by atoms with Gasteiger partial charge in [-0.25, -0.2) is 0 Å². The zero-order valence-electron chi connectivity index (χ0n) is 44.9. The number of halogens is 3. The maximum atomic E-state index is 2.83. The van der Waals surface area contributed by atoms with Crippen LogP contribution in [-0.2, 0) is 20.4 Å². The summed E-state index contributed by atoms with van der Waals surface area (Å²) in [4.78, 5) is 0. The molecule has 0 heterocycles. The van der Waals surface area contributed by atoms with E-state index in [0.717, 1.165) is 0 Å². The molecule has 3 aromatic carbocycles. The van der Waals surface area contributed by atoms with Gasteiger partial charge in [0.25, 0.3) is 0 Å². The molecule has 0 fully saturated rings. The smallest absolute Gasteiger partial charge is 1.00 e. The van der Waals surface area contributed by atoms with Crippen molar-refractivity contribution in [2.75, 3.05) is 0 Å². The van der Waals surface area contributed by atoms with Gasteiger partial charge < -0.3 is 37.2 Å². The van der Waals surface area contributed by atoms with Crippen molar-refractivity contribution in [2.45, 2.75) is 192 Å². The minimum Gasteiger partial charge on any atom is -1.00 e. The van der Waals surface area contributed by atoms with Gasteiger partial charge in [0.05, 0.1) is 0 Å². The van der Waals surface area contributed by atoms with E-state index in [1.54, 1.807) is 85.1 Å². The third kappa shape index (κ3) is 9.75. The Hall–Kier alpha value is 0.242. The van der Waals surface area contributed by atoms with E-state index in [9.17, 15) is 0 Å². The molecule has 1 aliphatic rings. The first kappa shape index (κ1) is 60.3. The van der Waals surface area contributed by atoms with Crippen molar-refractivity contribution in [2.24, 2.45) is 0 Å². The minimum atomic E-state index is -3.27. The van der Waals surface area contributed by atoms with Gasteiger partial charge in [0.2, 0.25) is 0 Å². The average molecular weight is 1050 g/mol. The summed E-state index contributed by atoms with van der Waals surface area (Å²) in [5.74, 6) is 0. The molecule has 3 aromatic rings. The van der Waals surface area contributed by atoms with Crippen LogP contribution in [0.2, 0.25) is 123 Å². The molecule has 1 aliphatic carbocycles. The molecule has 0 bridgehead atoms. The molecule has 1 unspecified atom stereocenters. The quantitative estimate of drug-likeness (QED) is 0.212. The van der Waals surface area contributed by atoms with Crippen molar-refractivity contribution in [1.29, 1.82) is 0 Å². The average Bonchev–Trinajstić information content (AvgIpc) is 3.15. The zero-order chi connectivity index (χ0) is 46.1. The van der Waals surface area contributed by atoms with Crippen LogP contribution >= 0.6 is 0 Å². The normalized spacial score (nSPS) is 17.0. The van der Waals surface area contributed by atoms with E-state index in [1.165, 1.54) is 0 Å². The second kappa shape index (κ2) is 19.0. The summed E-state index contributed by atoms with van der Waals surface area (Å²) >= 11 is 2.60. The number of allylic oxidation sites excluding steroid dienone is 4. The van der Waals surface area contributed by atoms with Gasteiger partial charge in [0.1, 0.15) is 0 Å². The van der Waals surface area contributed by atoms with E-state index in [1.807, 2.05) is 15.6 Å². The number of benzene rings is 3. The van der Waals surface area contributed by atoms with E-state index in [4.69, 9.17) is 0 Å². The van der Waals surface area contributed by atoms with Crippen molar-refractivity contribution in [3.05, 3.63) is 72.2 Å². The third-order valence-corrected chi connectivity index (χ3v) is 36.3. The fourth-order valence-electron chi connectivity index (χ4n) is 12.6. The summed E-state index contributed by atoms with van der Waals surface area (Å²) < 4.78 is 1.64. The fourth-order valence-corrected chi connectivity index (χ4v) is 38.9. The molecule has 0 amide bonds. The van der Waals surface area contributed by atoms with Gasteiger partial charge in [-0.2, -0.15) is 0 Å². The molecule has 0 saturated carbocycles. The first-order valence-corrected chi connectivity index (χ1v) is 46.5. The minimum absolute atomic E-state index is 0. The van der Waals surface area contributed by atoms with Crippen LogP contribution in [0.1, 0.15) is 61.1 Å². The van der Waals surface area contributed by atoms with E-state index in [2.05, 4.69) is 226 Å². The molecule has 0 radical (unpaired) electrons. The summed E-state index contributed by atoms with van der Waals surface area (Å²) in [6.07, 6.45) is 0. The van der Waals surface area contributed by atoms with Crippen LogP contribution in [0.15, 0.2) is 38.8 Å². The monoisotopic (exact) mass is 1050 g/mol. The summed E-state index contributed by atoms with van der Waals surface area (Å²) in [5.41, 5.74) is 14.4. The maximum Gasteiger partial charge on any atom is -1.00 e. The standard InChI is InChI=1S/C51H87Si7.3ClH.Ti/c1-33-29-42(52(11,12)13)48(38(6)45(33)55(20,21)22)58(51(10)32-36(4)37(5)41(51)9,49-39(7)46(56(23,24)25)34(2)30-43(49)53(14,15)16)50-40(8)47(57(26,27)28)35(3)31-44(50)54(17,18)19;;;;/h29-31H,1-28H3;3*1H;/q;;;;+3/p-3. The summed E-state index contributed by atoms with van der Waals surface area (Å²) in [5, 5.41) is 15.7. The van der Waals surface area contributed by atoms with Gasteiger partial charge in [-0.1, -0.05) is 0 Å². The van der Waals surface area contributed by atoms with E-state index in [0.29, 0.717) is 0 Å². The molecule has 11 heteroatoms. The van der Waals surface area contributed by atoms with Crippen LogP contribution < -0.4 is 83.9 Å². The van der Waals surface area contributed by atoms with Crippen molar-refractivity contribution in [3.63, 3.8) is 0 Å². The van der Waals surface area contributed by atoms with E-state index >= 15 is 0 Å². The van der Waals surface area contributed by atoms with E-state index in [-0.39, 0.29) is 42.3 Å². The Labute approximate surface area is 421 Å². The van der Waals surface area contributed by atoms with Crippen molar-refractivity contribution in [1.82, 2.24) is 0 Å². The molecular weight excluding hydrogens is 963 g/mol. The number of rotatable bonds is 10. The van der Waals surface area contributed by atoms with Gasteiger partial charge >= 0.3 is 388 Å². The Morgan fingerprint density at radius 3 is 0.742 bits per heavy atom. The molecule has 0 spiro atoms. The van der Waals surface area contributed by atoms with Crippen molar-refractivity contribution < 1.29 is 57.7 Å². The number of aryl methyl sites for hydroxylation is 3. The maximum absolute atomic E-state index is 3.27. The molecule has 4 rings (SSSR count). The first-order valence-electron chi connectivity index (χ1n) is 22.7.